The molecule has 0 unspecified atom stereocenters. The van der Waals surface area contributed by atoms with E-state index in [9.17, 15) is 18.0 Å². The summed E-state index contributed by atoms with van der Waals surface area (Å²) in [5.74, 6) is -0.790. The van der Waals surface area contributed by atoms with Crippen LogP contribution < -0.4 is 15.5 Å². The van der Waals surface area contributed by atoms with Crippen molar-refractivity contribution in [3.05, 3.63) is 72.3 Å². The molecule has 3 rings (SSSR count). The van der Waals surface area contributed by atoms with E-state index < -0.39 is 27.9 Å². The van der Waals surface area contributed by atoms with E-state index in [-0.39, 0.29) is 17.2 Å². The molecule has 0 aromatic heterocycles. The van der Waals surface area contributed by atoms with E-state index in [1.807, 2.05) is 44.2 Å². The maximum absolute atomic E-state index is 12.8. The van der Waals surface area contributed by atoms with Crippen LogP contribution in [0.3, 0.4) is 0 Å². The van der Waals surface area contributed by atoms with Gasteiger partial charge < -0.3 is 10.2 Å². The highest BCUT2D eigenvalue weighted by Gasteiger charge is 2.20. The summed E-state index contributed by atoms with van der Waals surface area (Å²) in [7, 11) is -3.72. The van der Waals surface area contributed by atoms with Gasteiger partial charge in [0.25, 0.3) is 0 Å². The number of hydrogen-bond donors (Lipinski definition) is 3. The van der Waals surface area contributed by atoms with Crippen molar-refractivity contribution in [2.45, 2.75) is 38.1 Å². The first kappa shape index (κ1) is 25.4. The molecule has 8 nitrogen and oxygen atoms in total. The molecule has 0 saturated carbocycles. The Morgan fingerprint density at radius 1 is 0.882 bits per heavy atom. The highest BCUT2D eigenvalue weighted by molar-refractivity contribution is 7.89. The first-order chi connectivity index (χ1) is 16.2. The molecule has 1 amide bonds. The van der Waals surface area contributed by atoms with Gasteiger partial charge in [-0.25, -0.2) is 13.1 Å². The molecule has 3 aromatic rings. The number of amides is 1. The third-order valence-corrected chi connectivity index (χ3v) is 6.53. The van der Waals surface area contributed by atoms with Gasteiger partial charge in [-0.3, -0.25) is 9.59 Å². The average Bonchev–Trinajstić information content (AvgIpc) is 2.81. The van der Waals surface area contributed by atoms with Gasteiger partial charge in [-0.15, -0.1) is 5.48 Å². The number of benzene rings is 3. The quantitative estimate of drug-likeness (QED) is 0.381. The third kappa shape index (κ3) is 6.63. The van der Waals surface area contributed by atoms with Crippen LogP contribution in [0.5, 0.6) is 0 Å². The average molecular weight is 484 g/mol. The molecule has 34 heavy (non-hydrogen) atoms. The number of carbonyl (C=O) groups is 2. The molecule has 0 spiro atoms. The van der Waals surface area contributed by atoms with Crippen molar-refractivity contribution in [1.82, 2.24) is 10.2 Å². The normalized spacial score (nSPS) is 12.5. The van der Waals surface area contributed by atoms with E-state index in [1.54, 1.807) is 37.3 Å². The lowest BCUT2D eigenvalue weighted by molar-refractivity contribution is -0.152. The molecule has 0 saturated heterocycles. The summed E-state index contributed by atoms with van der Waals surface area (Å²) in [6.45, 7) is 5.73. The van der Waals surface area contributed by atoms with Crippen molar-refractivity contribution in [3.8, 4) is 0 Å². The van der Waals surface area contributed by atoms with Crippen LogP contribution in [0.25, 0.3) is 10.8 Å². The number of hydrogen-bond acceptors (Lipinski definition) is 6. The fourth-order valence-corrected chi connectivity index (χ4v) is 4.66. The van der Waals surface area contributed by atoms with Crippen LogP contribution in [-0.4, -0.2) is 32.9 Å². The zero-order chi connectivity index (χ0) is 24.7. The SMILES string of the molecule is CC(C)CNS(=O)(=O)c1cccc2c(NC(=O)[C@@H](C)NOC(=O)Cc3ccccc3)cccc12. The zero-order valence-electron chi connectivity index (χ0n) is 19.4. The smallest absolute Gasteiger partial charge is 0.329 e. The van der Waals surface area contributed by atoms with Gasteiger partial charge in [-0.05, 0) is 30.5 Å². The lowest BCUT2D eigenvalue weighted by Crippen LogP contribution is -2.39. The number of rotatable bonds is 10. The van der Waals surface area contributed by atoms with Gasteiger partial charge in [-0.1, -0.05) is 68.4 Å². The summed E-state index contributed by atoms with van der Waals surface area (Å²) in [4.78, 5) is 29.9. The van der Waals surface area contributed by atoms with Crippen LogP contribution in [-0.2, 0) is 30.9 Å². The topological polar surface area (TPSA) is 114 Å². The van der Waals surface area contributed by atoms with Gasteiger partial charge in [0, 0.05) is 23.0 Å². The molecule has 0 aliphatic rings. The number of hydroxylamine groups is 1. The van der Waals surface area contributed by atoms with E-state index in [2.05, 4.69) is 15.5 Å². The Morgan fingerprint density at radius 3 is 2.26 bits per heavy atom. The van der Waals surface area contributed by atoms with Gasteiger partial charge in [0.2, 0.25) is 15.9 Å². The van der Waals surface area contributed by atoms with Crippen LogP contribution in [0, 0.1) is 5.92 Å². The fourth-order valence-electron chi connectivity index (χ4n) is 3.23. The molecular weight excluding hydrogens is 454 g/mol. The van der Waals surface area contributed by atoms with Crippen molar-refractivity contribution in [3.63, 3.8) is 0 Å². The second-order valence-electron chi connectivity index (χ2n) is 8.37. The molecule has 3 aromatic carbocycles. The van der Waals surface area contributed by atoms with Gasteiger partial charge in [0.1, 0.15) is 6.04 Å². The molecule has 1 atom stereocenters. The van der Waals surface area contributed by atoms with Crippen molar-refractivity contribution < 1.29 is 22.8 Å². The van der Waals surface area contributed by atoms with Crippen LogP contribution in [0.4, 0.5) is 5.69 Å². The van der Waals surface area contributed by atoms with Gasteiger partial charge in [-0.2, -0.15) is 0 Å². The van der Waals surface area contributed by atoms with E-state index in [4.69, 9.17) is 4.84 Å². The predicted octanol–water partition coefficient (Wildman–Crippen LogP) is 3.39. The Bertz CT molecular complexity index is 1260. The summed E-state index contributed by atoms with van der Waals surface area (Å²) >= 11 is 0. The monoisotopic (exact) mass is 483 g/mol. The maximum atomic E-state index is 12.8. The van der Waals surface area contributed by atoms with Gasteiger partial charge >= 0.3 is 5.97 Å². The Labute approximate surface area is 199 Å². The van der Waals surface area contributed by atoms with Gasteiger partial charge in [0.15, 0.2) is 0 Å². The highest BCUT2D eigenvalue weighted by atomic mass is 32.2. The number of carbonyl (C=O) groups excluding carboxylic acids is 2. The minimum atomic E-state index is -3.72. The van der Waals surface area contributed by atoms with E-state index in [1.165, 1.54) is 6.07 Å². The van der Waals surface area contributed by atoms with Crippen LogP contribution in [0.1, 0.15) is 26.3 Å². The standard InChI is InChI=1S/C25H29N3O5S/c1-17(2)16-26-34(31,32)23-14-8-11-20-21(23)12-7-13-22(20)27-25(30)18(3)28-33-24(29)15-19-9-5-4-6-10-19/h4-14,17-18,26,28H,15-16H2,1-3H3,(H,27,30)/t18-/m1/s1. The minimum absolute atomic E-state index is 0.0770. The summed E-state index contributed by atoms with van der Waals surface area (Å²) in [5, 5.41) is 3.85. The first-order valence-corrected chi connectivity index (χ1v) is 12.5. The second-order valence-corrected chi connectivity index (χ2v) is 10.1. The molecule has 0 radical (unpaired) electrons. The molecular formula is C25H29N3O5S. The largest absolute Gasteiger partial charge is 0.370 e. The van der Waals surface area contributed by atoms with Crippen molar-refractivity contribution in [2.75, 3.05) is 11.9 Å². The fraction of sp³-hybridized carbons (Fsp3) is 0.280. The highest BCUT2D eigenvalue weighted by Crippen LogP contribution is 2.29. The number of nitrogens with one attached hydrogen (secondary N) is 3. The summed E-state index contributed by atoms with van der Waals surface area (Å²) in [6.07, 6.45) is 0.0770. The van der Waals surface area contributed by atoms with Crippen LogP contribution >= 0.6 is 0 Å². The molecule has 0 heterocycles. The maximum Gasteiger partial charge on any atom is 0.329 e. The lowest BCUT2D eigenvalue weighted by Gasteiger charge is -2.16. The second kappa shape index (κ2) is 11.2. The Kier molecular flexibility index (Phi) is 8.38. The summed E-state index contributed by atoms with van der Waals surface area (Å²) in [5.41, 5.74) is 3.72. The summed E-state index contributed by atoms with van der Waals surface area (Å²) < 4.78 is 28.2. The van der Waals surface area contributed by atoms with Crippen LogP contribution in [0.2, 0.25) is 0 Å². The number of sulfonamides is 1. The van der Waals surface area contributed by atoms with E-state index in [0.717, 1.165) is 5.56 Å². The third-order valence-electron chi connectivity index (χ3n) is 5.05. The Balaban J connectivity index is 1.69. The Morgan fingerprint density at radius 2 is 1.56 bits per heavy atom. The minimum Gasteiger partial charge on any atom is -0.370 e. The molecule has 0 fully saturated rings. The summed E-state index contributed by atoms with van der Waals surface area (Å²) in [6, 6.07) is 18.3. The molecule has 0 aliphatic heterocycles. The number of fused-ring (bicyclic) bond motifs is 1. The van der Waals surface area contributed by atoms with Gasteiger partial charge in [0.05, 0.1) is 11.3 Å². The van der Waals surface area contributed by atoms with Crippen molar-refractivity contribution in [2.24, 2.45) is 5.92 Å². The van der Waals surface area contributed by atoms with E-state index in [0.29, 0.717) is 23.0 Å². The number of anilines is 1. The Hall–Kier alpha value is -3.27. The first-order valence-electron chi connectivity index (χ1n) is 11.0. The zero-order valence-corrected chi connectivity index (χ0v) is 20.2. The predicted molar refractivity (Wildman–Crippen MR) is 131 cm³/mol. The lowest BCUT2D eigenvalue weighted by atomic mass is 10.1. The molecule has 0 bridgehead atoms. The van der Waals surface area contributed by atoms with E-state index >= 15 is 0 Å². The molecule has 0 aliphatic carbocycles. The molecule has 180 valence electrons. The molecule has 9 heteroatoms. The molecule has 3 N–H and O–H groups in total. The van der Waals surface area contributed by atoms with Crippen LogP contribution in [0.15, 0.2) is 71.6 Å². The van der Waals surface area contributed by atoms with Crippen molar-refractivity contribution >= 4 is 38.4 Å². The van der Waals surface area contributed by atoms with Crippen molar-refractivity contribution in [1.29, 1.82) is 0 Å².